The number of guanidine groups is 1. The summed E-state index contributed by atoms with van der Waals surface area (Å²) in [5.41, 5.74) is 2.48. The van der Waals surface area contributed by atoms with Crippen molar-refractivity contribution < 1.29 is 16.8 Å². The van der Waals surface area contributed by atoms with Gasteiger partial charge in [-0.15, -0.1) is 0 Å². The molecule has 0 unspecified atom stereocenters. The molecule has 13 heteroatoms. The number of aliphatic imine (C=N–C) groups is 1. The van der Waals surface area contributed by atoms with Crippen LogP contribution in [-0.4, -0.2) is 70.8 Å². The lowest BCUT2D eigenvalue weighted by atomic mass is 9.91. The third-order valence-electron chi connectivity index (χ3n) is 6.02. The molecule has 1 aliphatic rings. The van der Waals surface area contributed by atoms with E-state index in [2.05, 4.69) is 9.71 Å². The number of benzene rings is 3. The molecule has 0 bridgehead atoms. The van der Waals surface area contributed by atoms with Crippen LogP contribution in [0.25, 0.3) is 0 Å². The highest BCUT2D eigenvalue weighted by Crippen LogP contribution is 2.29. The predicted molar refractivity (Wildman–Crippen MR) is 155 cm³/mol. The Balaban J connectivity index is 1.74. The molecule has 0 saturated carbocycles. The van der Waals surface area contributed by atoms with Gasteiger partial charge in [0.05, 0.1) is 29.4 Å². The fraction of sp³-hybridized carbons (Fsp3) is 0.231. The normalized spacial score (nSPS) is 16.4. The van der Waals surface area contributed by atoms with Gasteiger partial charge in [0.15, 0.2) is 0 Å². The number of halogens is 2. The van der Waals surface area contributed by atoms with Crippen molar-refractivity contribution in [3.8, 4) is 0 Å². The van der Waals surface area contributed by atoms with Crippen LogP contribution in [0.15, 0.2) is 93.9 Å². The van der Waals surface area contributed by atoms with E-state index in [1.165, 1.54) is 43.4 Å². The summed E-state index contributed by atoms with van der Waals surface area (Å²) in [5.74, 6) is -0.623. The van der Waals surface area contributed by atoms with Gasteiger partial charge in [0.1, 0.15) is 0 Å². The Morgan fingerprint density at radius 1 is 0.949 bits per heavy atom. The number of nitrogens with zero attached hydrogens (tertiary/aromatic N) is 4. The number of sulfonamides is 2. The number of hydrogen-bond acceptors (Lipinski definition) is 6. The highest BCUT2D eigenvalue weighted by atomic mass is 35.5. The first-order valence-corrected chi connectivity index (χ1v) is 15.7. The Bertz CT molecular complexity index is 1580. The quantitative estimate of drug-likeness (QED) is 0.307. The van der Waals surface area contributed by atoms with Crippen LogP contribution in [-0.2, 0) is 20.0 Å². The molecule has 1 N–H and O–H groups in total. The van der Waals surface area contributed by atoms with Crippen molar-refractivity contribution in [1.82, 2.24) is 14.0 Å². The van der Waals surface area contributed by atoms with E-state index in [9.17, 15) is 16.8 Å². The van der Waals surface area contributed by atoms with E-state index in [0.29, 0.717) is 15.8 Å². The fourth-order valence-electron chi connectivity index (χ4n) is 3.87. The monoisotopic (exact) mass is 607 g/mol. The van der Waals surface area contributed by atoms with Crippen LogP contribution in [0.1, 0.15) is 17.0 Å². The van der Waals surface area contributed by atoms with Crippen molar-refractivity contribution in [3.05, 3.63) is 100 Å². The Morgan fingerprint density at radius 3 is 2.13 bits per heavy atom. The van der Waals surface area contributed by atoms with Gasteiger partial charge in [-0.2, -0.15) is 5.10 Å². The lowest BCUT2D eigenvalue weighted by Crippen LogP contribution is -2.41. The average Bonchev–Trinajstić information content (AvgIpc) is 3.34. The van der Waals surface area contributed by atoms with Crippen molar-refractivity contribution in [3.63, 3.8) is 0 Å². The number of nitrogens with one attached hydrogen (secondary N) is 1. The zero-order valence-corrected chi connectivity index (χ0v) is 24.3. The Kier molecular flexibility index (Phi) is 8.97. The molecule has 1 aliphatic heterocycles. The summed E-state index contributed by atoms with van der Waals surface area (Å²) in [7, 11) is -4.80. The van der Waals surface area contributed by atoms with Crippen LogP contribution in [0.4, 0.5) is 0 Å². The summed E-state index contributed by atoms with van der Waals surface area (Å²) < 4.78 is 54.8. The van der Waals surface area contributed by atoms with Gasteiger partial charge >= 0.3 is 0 Å². The molecular weight excluding hydrogens is 581 g/mol. The van der Waals surface area contributed by atoms with Gasteiger partial charge in [-0.1, -0.05) is 65.7 Å². The molecule has 3 aromatic carbocycles. The molecule has 0 saturated heterocycles. The molecule has 0 fully saturated rings. The summed E-state index contributed by atoms with van der Waals surface area (Å²) in [5, 5.41) is 7.17. The van der Waals surface area contributed by atoms with Gasteiger partial charge in [0, 0.05) is 30.1 Å². The molecule has 9 nitrogen and oxygen atoms in total. The van der Waals surface area contributed by atoms with Crippen LogP contribution < -0.4 is 4.72 Å². The molecule has 39 heavy (non-hydrogen) atoms. The van der Waals surface area contributed by atoms with E-state index in [0.717, 1.165) is 15.4 Å². The smallest absolute Gasteiger partial charge is 0.250 e. The number of hydrazone groups is 1. The van der Waals surface area contributed by atoms with E-state index in [-0.39, 0.29) is 35.6 Å². The first-order valence-electron chi connectivity index (χ1n) is 11.9. The van der Waals surface area contributed by atoms with Gasteiger partial charge in [0.25, 0.3) is 10.0 Å². The maximum atomic E-state index is 13.3. The molecule has 0 radical (unpaired) electrons. The molecule has 0 aromatic heterocycles. The maximum Gasteiger partial charge on any atom is 0.264 e. The van der Waals surface area contributed by atoms with Crippen molar-refractivity contribution in [2.24, 2.45) is 10.1 Å². The molecule has 3 aromatic rings. The summed E-state index contributed by atoms with van der Waals surface area (Å²) in [4.78, 5) is 4.34. The third-order valence-corrected chi connectivity index (χ3v) is 9.68. The minimum Gasteiger partial charge on any atom is -0.250 e. The molecule has 1 heterocycles. The van der Waals surface area contributed by atoms with E-state index in [4.69, 9.17) is 28.3 Å². The zero-order chi connectivity index (χ0) is 28.2. The van der Waals surface area contributed by atoms with Crippen molar-refractivity contribution >= 4 is 54.9 Å². The molecule has 206 valence electrons. The molecule has 1 atom stereocenters. The van der Waals surface area contributed by atoms with Crippen LogP contribution in [0.5, 0.6) is 0 Å². The topological polar surface area (TPSA) is 112 Å². The number of hydrogen-bond donors (Lipinski definition) is 1. The molecular formula is C26H27Cl2N5O4S2. The average molecular weight is 609 g/mol. The summed E-state index contributed by atoms with van der Waals surface area (Å²) in [6, 6.07) is 22.6. The van der Waals surface area contributed by atoms with Gasteiger partial charge in [-0.25, -0.2) is 35.9 Å². The first kappa shape index (κ1) is 29.0. The highest BCUT2D eigenvalue weighted by molar-refractivity contribution is 7.90. The third kappa shape index (κ3) is 7.17. The van der Waals surface area contributed by atoms with Gasteiger partial charge in [0.2, 0.25) is 16.0 Å². The second-order valence-electron chi connectivity index (χ2n) is 8.90. The fourth-order valence-corrected chi connectivity index (χ4v) is 5.83. The second kappa shape index (κ2) is 12.1. The van der Waals surface area contributed by atoms with E-state index < -0.39 is 20.0 Å². The van der Waals surface area contributed by atoms with Gasteiger partial charge in [-0.3, -0.25) is 0 Å². The van der Waals surface area contributed by atoms with Gasteiger partial charge < -0.3 is 0 Å². The Labute approximate surface area is 238 Å². The zero-order valence-electron chi connectivity index (χ0n) is 21.2. The molecule has 4 rings (SSSR count). The van der Waals surface area contributed by atoms with Crippen LogP contribution >= 0.6 is 23.2 Å². The summed E-state index contributed by atoms with van der Waals surface area (Å²) in [6.45, 7) is 0.0850. The molecule has 0 spiro atoms. The highest BCUT2D eigenvalue weighted by Gasteiger charge is 2.33. The van der Waals surface area contributed by atoms with Crippen molar-refractivity contribution in [2.75, 3.05) is 32.9 Å². The molecule has 0 amide bonds. The SMILES string of the molecule is CN(C)S(=O)(=O)CC/N=C(/NS(=O)(=O)c1ccc(Cl)cc1)N1C[C@@H](c2ccccc2)C(c2ccc(Cl)cc2)=N1. The molecule has 0 aliphatic carbocycles. The minimum absolute atomic E-state index is 0.0266. The Hall–Kier alpha value is -2.96. The van der Waals surface area contributed by atoms with E-state index >= 15 is 0 Å². The van der Waals surface area contributed by atoms with Gasteiger partial charge in [-0.05, 0) is 47.5 Å². The van der Waals surface area contributed by atoms with Crippen molar-refractivity contribution in [2.45, 2.75) is 10.8 Å². The van der Waals surface area contributed by atoms with Crippen LogP contribution in [0, 0.1) is 0 Å². The first-order chi connectivity index (χ1) is 18.5. The van der Waals surface area contributed by atoms with Crippen LogP contribution in [0.2, 0.25) is 10.0 Å². The minimum atomic E-state index is -4.09. The lowest BCUT2D eigenvalue weighted by Gasteiger charge is -2.20. The standard InChI is InChI=1S/C26H27Cl2N5O4S2/c1-32(2)38(34,35)17-16-29-26(31-39(36,37)23-14-12-22(28)13-15-23)33-18-24(19-6-4-3-5-7-19)25(30-33)20-8-10-21(27)11-9-20/h3-15,24H,16-18H2,1-2H3,(H,29,31)/t24-/m0/s1. The van der Waals surface area contributed by atoms with E-state index in [1.807, 2.05) is 42.5 Å². The Morgan fingerprint density at radius 2 is 1.54 bits per heavy atom. The summed E-state index contributed by atoms with van der Waals surface area (Å²) >= 11 is 12.0. The predicted octanol–water partition coefficient (Wildman–Crippen LogP) is 4.02. The second-order valence-corrected chi connectivity index (χ2v) is 13.8. The number of rotatable bonds is 8. The maximum absolute atomic E-state index is 13.3. The van der Waals surface area contributed by atoms with Crippen LogP contribution in [0.3, 0.4) is 0 Å². The van der Waals surface area contributed by atoms with Crippen molar-refractivity contribution in [1.29, 1.82) is 0 Å². The summed E-state index contributed by atoms with van der Waals surface area (Å²) in [6.07, 6.45) is 0. The lowest BCUT2D eigenvalue weighted by molar-refractivity contribution is 0.461. The van der Waals surface area contributed by atoms with E-state index in [1.54, 1.807) is 12.1 Å². The largest absolute Gasteiger partial charge is 0.264 e.